The minimum Gasteiger partial charge on any atom is -0.469 e. The van der Waals surface area contributed by atoms with Crippen LogP contribution in [0.1, 0.15) is 25.0 Å². The summed E-state index contributed by atoms with van der Waals surface area (Å²) in [6, 6.07) is 5.95. The van der Waals surface area contributed by atoms with Gasteiger partial charge in [0, 0.05) is 38.6 Å². The van der Waals surface area contributed by atoms with Gasteiger partial charge in [0.05, 0.1) is 25.3 Å². The van der Waals surface area contributed by atoms with Crippen LogP contribution in [-0.2, 0) is 20.8 Å². The van der Waals surface area contributed by atoms with Crippen molar-refractivity contribution in [3.05, 3.63) is 36.3 Å². The first-order chi connectivity index (χ1) is 11.2. The quantitative estimate of drug-likeness (QED) is 0.730. The molecule has 1 aliphatic heterocycles. The molecule has 3 rings (SSSR count). The summed E-state index contributed by atoms with van der Waals surface area (Å²) in [7, 11) is 1.43. The molecule has 0 aliphatic carbocycles. The molecule has 2 aromatic heterocycles. The van der Waals surface area contributed by atoms with Crippen LogP contribution in [0.4, 0.5) is 0 Å². The smallest absolute Gasteiger partial charge is 0.306 e. The molecule has 0 saturated carbocycles. The average Bonchev–Trinajstić information content (AvgIpc) is 3.20. The zero-order valence-corrected chi connectivity index (χ0v) is 13.5. The normalized spacial score (nSPS) is 17.9. The van der Waals surface area contributed by atoms with Gasteiger partial charge in [-0.2, -0.15) is 0 Å². The van der Waals surface area contributed by atoms with E-state index in [9.17, 15) is 4.79 Å². The molecule has 1 unspecified atom stereocenters. The lowest BCUT2D eigenvalue weighted by Crippen LogP contribution is -2.33. The van der Waals surface area contributed by atoms with Crippen LogP contribution in [0, 0.1) is 0 Å². The van der Waals surface area contributed by atoms with Gasteiger partial charge in [0.1, 0.15) is 5.65 Å². The largest absolute Gasteiger partial charge is 0.469 e. The van der Waals surface area contributed by atoms with Crippen LogP contribution in [0.5, 0.6) is 0 Å². The summed E-state index contributed by atoms with van der Waals surface area (Å²) >= 11 is 0. The summed E-state index contributed by atoms with van der Waals surface area (Å²) in [4.78, 5) is 18.3. The van der Waals surface area contributed by atoms with Crippen molar-refractivity contribution < 1.29 is 14.3 Å². The number of carbonyl (C=O) groups excluding carboxylic acids is 1. The Morgan fingerprint density at radius 1 is 1.52 bits per heavy atom. The van der Waals surface area contributed by atoms with E-state index in [2.05, 4.69) is 9.88 Å². The Labute approximate surface area is 136 Å². The lowest BCUT2D eigenvalue weighted by Gasteiger charge is -2.23. The number of hydrogen-bond donors (Lipinski definition) is 0. The molecule has 0 bridgehead atoms. The van der Waals surface area contributed by atoms with E-state index in [0.717, 1.165) is 37.3 Å². The predicted octanol–water partition coefficient (Wildman–Crippen LogP) is 1.88. The van der Waals surface area contributed by atoms with Gasteiger partial charge < -0.3 is 13.9 Å². The van der Waals surface area contributed by atoms with Crippen molar-refractivity contribution in [3.8, 4) is 0 Å². The first-order valence-electron chi connectivity index (χ1n) is 8.08. The minimum atomic E-state index is -0.183. The number of pyridine rings is 1. The summed E-state index contributed by atoms with van der Waals surface area (Å²) in [5, 5.41) is 0. The monoisotopic (exact) mass is 317 g/mol. The van der Waals surface area contributed by atoms with Gasteiger partial charge in [0.25, 0.3) is 0 Å². The molecule has 6 nitrogen and oxygen atoms in total. The standard InChI is InChI=1S/C17H23N3O3/c1-22-17(21)7-9-19(13-15-5-4-10-23-15)11-14-12-20-8-3-2-6-16(20)18-14/h2-3,6,8,12,15H,4-5,7,9-11,13H2,1H3. The first kappa shape index (κ1) is 16.0. The maximum atomic E-state index is 11.4. The highest BCUT2D eigenvalue weighted by Crippen LogP contribution is 2.15. The fraction of sp³-hybridized carbons (Fsp3) is 0.529. The van der Waals surface area contributed by atoms with Gasteiger partial charge in [0.15, 0.2) is 0 Å². The molecule has 0 spiro atoms. The summed E-state index contributed by atoms with van der Waals surface area (Å²) in [5.41, 5.74) is 1.94. The SMILES string of the molecule is COC(=O)CCN(Cc1cn2ccccc2n1)CC1CCCO1. The third kappa shape index (κ3) is 4.30. The molecule has 1 fully saturated rings. The number of hydrogen-bond acceptors (Lipinski definition) is 5. The van der Waals surface area contributed by atoms with E-state index in [1.165, 1.54) is 7.11 Å². The number of esters is 1. The minimum absolute atomic E-state index is 0.183. The molecule has 23 heavy (non-hydrogen) atoms. The Balaban J connectivity index is 1.66. The van der Waals surface area contributed by atoms with Gasteiger partial charge in [-0.05, 0) is 25.0 Å². The van der Waals surface area contributed by atoms with E-state index in [4.69, 9.17) is 9.47 Å². The Morgan fingerprint density at radius 2 is 2.43 bits per heavy atom. The van der Waals surface area contributed by atoms with E-state index in [1.54, 1.807) is 0 Å². The van der Waals surface area contributed by atoms with Gasteiger partial charge in [-0.25, -0.2) is 4.98 Å². The maximum Gasteiger partial charge on any atom is 0.306 e. The molecule has 6 heteroatoms. The topological polar surface area (TPSA) is 56.1 Å². The highest BCUT2D eigenvalue weighted by Gasteiger charge is 2.20. The molecule has 124 valence electrons. The van der Waals surface area contributed by atoms with Crippen molar-refractivity contribution in [2.24, 2.45) is 0 Å². The molecule has 1 aliphatic rings. The Morgan fingerprint density at radius 3 is 3.17 bits per heavy atom. The summed E-state index contributed by atoms with van der Waals surface area (Å²) in [6.07, 6.45) is 6.87. The van der Waals surface area contributed by atoms with E-state index < -0.39 is 0 Å². The number of ether oxygens (including phenoxy) is 2. The summed E-state index contributed by atoms with van der Waals surface area (Å²) in [6.45, 7) is 3.02. The molecule has 0 aromatic carbocycles. The number of methoxy groups -OCH3 is 1. The van der Waals surface area contributed by atoms with Crippen LogP contribution in [-0.4, -0.2) is 53.2 Å². The van der Waals surface area contributed by atoms with Crippen molar-refractivity contribution in [2.75, 3.05) is 26.8 Å². The Bertz CT molecular complexity index is 616. The lowest BCUT2D eigenvalue weighted by atomic mass is 10.2. The van der Waals surface area contributed by atoms with Crippen molar-refractivity contribution in [1.82, 2.24) is 14.3 Å². The molecule has 3 heterocycles. The Kier molecular flexibility index (Phi) is 5.25. The molecular formula is C17H23N3O3. The summed E-state index contributed by atoms with van der Waals surface area (Å²) in [5.74, 6) is -0.183. The van der Waals surface area contributed by atoms with E-state index in [-0.39, 0.29) is 12.1 Å². The van der Waals surface area contributed by atoms with Crippen molar-refractivity contribution in [3.63, 3.8) is 0 Å². The molecule has 0 amide bonds. The fourth-order valence-electron chi connectivity index (χ4n) is 2.96. The number of fused-ring (bicyclic) bond motifs is 1. The van der Waals surface area contributed by atoms with Crippen LogP contribution in [0.3, 0.4) is 0 Å². The fourth-order valence-corrected chi connectivity index (χ4v) is 2.96. The number of nitrogens with zero attached hydrogens (tertiary/aromatic N) is 3. The zero-order valence-electron chi connectivity index (χ0n) is 13.5. The van der Waals surface area contributed by atoms with Crippen LogP contribution in [0.15, 0.2) is 30.6 Å². The first-order valence-corrected chi connectivity index (χ1v) is 8.08. The number of aromatic nitrogens is 2. The molecule has 1 atom stereocenters. The van der Waals surface area contributed by atoms with Gasteiger partial charge in [0.2, 0.25) is 0 Å². The molecule has 2 aromatic rings. The predicted molar refractivity (Wildman–Crippen MR) is 86.1 cm³/mol. The van der Waals surface area contributed by atoms with Crippen LogP contribution < -0.4 is 0 Å². The van der Waals surface area contributed by atoms with Gasteiger partial charge in [-0.15, -0.1) is 0 Å². The van der Waals surface area contributed by atoms with Crippen LogP contribution in [0.2, 0.25) is 0 Å². The Hall–Kier alpha value is -1.92. The van der Waals surface area contributed by atoms with Gasteiger partial charge in [-0.3, -0.25) is 9.69 Å². The number of carbonyl (C=O) groups is 1. The average molecular weight is 317 g/mol. The lowest BCUT2D eigenvalue weighted by molar-refractivity contribution is -0.141. The number of imidazole rings is 1. The molecule has 0 N–H and O–H groups in total. The van der Waals surface area contributed by atoms with Gasteiger partial charge >= 0.3 is 5.97 Å². The highest BCUT2D eigenvalue weighted by molar-refractivity contribution is 5.69. The maximum absolute atomic E-state index is 11.4. The molecule has 0 radical (unpaired) electrons. The zero-order chi connectivity index (χ0) is 16.1. The third-order valence-electron chi connectivity index (χ3n) is 4.15. The third-order valence-corrected chi connectivity index (χ3v) is 4.15. The van der Waals surface area contributed by atoms with E-state index >= 15 is 0 Å². The van der Waals surface area contributed by atoms with E-state index in [0.29, 0.717) is 19.5 Å². The van der Waals surface area contributed by atoms with Crippen molar-refractivity contribution in [2.45, 2.75) is 31.9 Å². The van der Waals surface area contributed by atoms with Crippen LogP contribution in [0.25, 0.3) is 5.65 Å². The van der Waals surface area contributed by atoms with Crippen molar-refractivity contribution >= 4 is 11.6 Å². The van der Waals surface area contributed by atoms with E-state index in [1.807, 2.05) is 35.0 Å². The second-order valence-electron chi connectivity index (χ2n) is 5.89. The molecular weight excluding hydrogens is 294 g/mol. The highest BCUT2D eigenvalue weighted by atomic mass is 16.5. The van der Waals surface area contributed by atoms with Crippen molar-refractivity contribution in [1.29, 1.82) is 0 Å². The molecule has 1 saturated heterocycles. The number of rotatable bonds is 7. The second kappa shape index (κ2) is 7.57. The van der Waals surface area contributed by atoms with Gasteiger partial charge in [-0.1, -0.05) is 6.07 Å². The second-order valence-corrected chi connectivity index (χ2v) is 5.89. The summed E-state index contributed by atoms with van der Waals surface area (Å²) < 4.78 is 12.5. The van der Waals surface area contributed by atoms with Crippen LogP contribution >= 0.6 is 0 Å².